The number of hydrogen-bond acceptors (Lipinski definition) is 10. The van der Waals surface area contributed by atoms with E-state index in [0.717, 1.165) is 0 Å². The summed E-state index contributed by atoms with van der Waals surface area (Å²) in [7, 11) is 2.62. The molecule has 0 spiro atoms. The largest absolute Gasteiger partial charge is 0.465 e. The van der Waals surface area contributed by atoms with Crippen molar-refractivity contribution in [3.05, 3.63) is 70.8 Å². The van der Waals surface area contributed by atoms with Crippen LogP contribution >= 0.6 is 0 Å². The van der Waals surface area contributed by atoms with Crippen LogP contribution in [0, 0.1) is 0 Å². The Hall–Kier alpha value is -3.76. The molecule has 0 aliphatic carbocycles. The molecule has 0 amide bonds. The summed E-state index contributed by atoms with van der Waals surface area (Å²) < 4.78 is 18.8. The second-order valence-electron chi connectivity index (χ2n) is 5.52. The molecular formula is C20H18O10. The van der Waals surface area contributed by atoms with Gasteiger partial charge in [-0.2, -0.15) is 0 Å². The minimum atomic E-state index is -0.856. The number of esters is 3. The van der Waals surface area contributed by atoms with E-state index in [4.69, 9.17) is 9.47 Å². The van der Waals surface area contributed by atoms with Gasteiger partial charge in [-0.1, -0.05) is 0 Å². The maximum absolute atomic E-state index is 11.9. The molecule has 30 heavy (non-hydrogen) atoms. The lowest BCUT2D eigenvalue weighted by Gasteiger charge is -2.07. The van der Waals surface area contributed by atoms with Crippen LogP contribution in [0.4, 0.5) is 0 Å². The highest BCUT2D eigenvalue weighted by Crippen LogP contribution is 2.09. The molecule has 0 fully saturated rings. The molecule has 0 aliphatic rings. The first-order valence-electron chi connectivity index (χ1n) is 8.41. The third-order valence-electron chi connectivity index (χ3n) is 3.58. The Kier molecular flexibility index (Phi) is 8.48. The molecule has 2 aromatic carbocycles. The highest BCUT2D eigenvalue weighted by Gasteiger charge is 2.13. The van der Waals surface area contributed by atoms with E-state index in [9.17, 15) is 19.2 Å². The van der Waals surface area contributed by atoms with Crippen molar-refractivity contribution in [3.8, 4) is 0 Å². The Balaban J connectivity index is 1.77. The lowest BCUT2D eigenvalue weighted by atomic mass is 10.1. The second kappa shape index (κ2) is 11.3. The lowest BCUT2D eigenvalue weighted by molar-refractivity contribution is -0.280. The fourth-order valence-corrected chi connectivity index (χ4v) is 2.09. The number of carbonyl (C=O) groups is 4. The van der Waals surface area contributed by atoms with E-state index in [2.05, 4.69) is 19.2 Å². The molecule has 0 aliphatic heterocycles. The van der Waals surface area contributed by atoms with Crippen molar-refractivity contribution < 1.29 is 47.9 Å². The number of hydrogen-bond donors (Lipinski definition) is 0. The molecule has 0 heterocycles. The molecule has 0 atom stereocenters. The summed E-state index contributed by atoms with van der Waals surface area (Å²) in [5, 5.41) is 0. The fraction of sp³-hybridized carbons (Fsp3) is 0.200. The maximum atomic E-state index is 11.9. The molecule has 0 bridgehead atoms. The topological polar surface area (TPSA) is 124 Å². The Morgan fingerprint density at radius 1 is 0.600 bits per heavy atom. The zero-order chi connectivity index (χ0) is 21.9. The molecule has 0 unspecified atom stereocenters. The SMILES string of the molecule is COCOC(=O)c1ccc(C(=O)OOCOC(=O)c2ccc(C(=O)OC)cc2)cc1. The molecule has 0 saturated heterocycles. The van der Waals surface area contributed by atoms with Crippen molar-refractivity contribution in [1.82, 2.24) is 0 Å². The van der Waals surface area contributed by atoms with Crippen LogP contribution in [0.1, 0.15) is 41.4 Å². The van der Waals surface area contributed by atoms with Gasteiger partial charge in [0.05, 0.1) is 29.4 Å². The van der Waals surface area contributed by atoms with Gasteiger partial charge >= 0.3 is 23.9 Å². The van der Waals surface area contributed by atoms with Crippen molar-refractivity contribution in [2.24, 2.45) is 0 Å². The van der Waals surface area contributed by atoms with Crippen LogP contribution in [-0.2, 0) is 28.7 Å². The average molecular weight is 418 g/mol. The molecule has 0 N–H and O–H groups in total. The Morgan fingerprint density at radius 2 is 1.00 bits per heavy atom. The minimum absolute atomic E-state index is 0.100. The van der Waals surface area contributed by atoms with Gasteiger partial charge in [0.2, 0.25) is 6.79 Å². The summed E-state index contributed by atoms with van der Waals surface area (Å²) in [5.41, 5.74) is 0.755. The Labute approximate surface area is 171 Å². The Morgan fingerprint density at radius 3 is 1.43 bits per heavy atom. The molecule has 0 aromatic heterocycles. The summed E-state index contributed by atoms with van der Waals surface area (Å²) in [5.74, 6) is -2.75. The van der Waals surface area contributed by atoms with Gasteiger partial charge in [0, 0.05) is 7.11 Å². The highest BCUT2D eigenvalue weighted by atomic mass is 17.2. The van der Waals surface area contributed by atoms with Gasteiger partial charge in [0.25, 0.3) is 0 Å². The third-order valence-corrected chi connectivity index (χ3v) is 3.58. The molecule has 2 aromatic rings. The number of carbonyl (C=O) groups excluding carboxylic acids is 4. The van der Waals surface area contributed by atoms with E-state index in [-0.39, 0.29) is 29.0 Å². The van der Waals surface area contributed by atoms with Crippen molar-refractivity contribution in [2.45, 2.75) is 0 Å². The van der Waals surface area contributed by atoms with Gasteiger partial charge in [-0.05, 0) is 48.5 Å². The van der Waals surface area contributed by atoms with Crippen LogP contribution in [-0.4, -0.2) is 51.7 Å². The van der Waals surface area contributed by atoms with E-state index in [1.165, 1.54) is 62.8 Å². The van der Waals surface area contributed by atoms with Crippen molar-refractivity contribution in [2.75, 3.05) is 27.8 Å². The quantitative estimate of drug-likeness (QED) is 0.149. The van der Waals surface area contributed by atoms with Gasteiger partial charge in [-0.25, -0.2) is 19.2 Å². The predicted octanol–water partition coefficient (Wildman–Crippen LogP) is 2.14. The van der Waals surface area contributed by atoms with Gasteiger partial charge in [0.1, 0.15) is 0 Å². The van der Waals surface area contributed by atoms with E-state index >= 15 is 0 Å². The van der Waals surface area contributed by atoms with Gasteiger partial charge < -0.3 is 18.9 Å². The maximum Gasteiger partial charge on any atom is 0.373 e. The molecular weight excluding hydrogens is 400 g/mol. The molecule has 2 rings (SSSR count). The van der Waals surface area contributed by atoms with Crippen molar-refractivity contribution in [3.63, 3.8) is 0 Å². The van der Waals surface area contributed by atoms with E-state index < -0.39 is 30.7 Å². The summed E-state index contributed by atoms with van der Waals surface area (Å²) in [6.07, 6.45) is 0. The molecule has 10 heteroatoms. The van der Waals surface area contributed by atoms with Crippen LogP contribution in [0.25, 0.3) is 0 Å². The van der Waals surface area contributed by atoms with E-state index in [0.29, 0.717) is 0 Å². The van der Waals surface area contributed by atoms with Gasteiger partial charge in [0.15, 0.2) is 6.79 Å². The first kappa shape index (κ1) is 22.5. The number of rotatable bonds is 9. The van der Waals surface area contributed by atoms with Crippen molar-refractivity contribution >= 4 is 23.9 Å². The average Bonchev–Trinajstić information content (AvgIpc) is 2.79. The number of benzene rings is 2. The number of ether oxygens (including phenoxy) is 4. The zero-order valence-electron chi connectivity index (χ0n) is 16.1. The molecule has 158 valence electrons. The summed E-state index contributed by atoms with van der Waals surface area (Å²) >= 11 is 0. The highest BCUT2D eigenvalue weighted by molar-refractivity contribution is 5.94. The van der Waals surface area contributed by atoms with Crippen LogP contribution < -0.4 is 0 Å². The fourth-order valence-electron chi connectivity index (χ4n) is 2.09. The first-order chi connectivity index (χ1) is 14.5. The summed E-state index contributed by atoms with van der Waals surface area (Å²) in [6, 6.07) is 11.0. The first-order valence-corrected chi connectivity index (χ1v) is 8.41. The summed E-state index contributed by atoms with van der Waals surface area (Å²) in [4.78, 5) is 55.8. The standard InChI is InChI=1S/C20H18O10/c1-25-11-27-18(22)14-7-9-16(10-8-14)20(24)30-29-12-28-19(23)15-5-3-13(4-6-15)17(21)26-2/h3-10H,11-12H2,1-2H3. The molecule has 0 saturated carbocycles. The Bertz CT molecular complexity index is 887. The van der Waals surface area contributed by atoms with E-state index in [1.54, 1.807) is 0 Å². The zero-order valence-corrected chi connectivity index (χ0v) is 16.1. The summed E-state index contributed by atoms with van der Waals surface area (Å²) in [6.45, 7) is -0.838. The predicted molar refractivity (Wildman–Crippen MR) is 98.3 cm³/mol. The van der Waals surface area contributed by atoms with E-state index in [1.807, 2.05) is 0 Å². The van der Waals surface area contributed by atoms with Gasteiger partial charge in [-0.3, -0.25) is 4.89 Å². The minimum Gasteiger partial charge on any atom is -0.465 e. The van der Waals surface area contributed by atoms with Crippen LogP contribution in [0.2, 0.25) is 0 Å². The normalized spacial score (nSPS) is 10.1. The van der Waals surface area contributed by atoms with Crippen LogP contribution in [0.3, 0.4) is 0 Å². The molecule has 10 nitrogen and oxygen atoms in total. The third kappa shape index (κ3) is 6.40. The lowest BCUT2D eigenvalue weighted by Crippen LogP contribution is -2.13. The number of methoxy groups -OCH3 is 2. The smallest absolute Gasteiger partial charge is 0.373 e. The van der Waals surface area contributed by atoms with Crippen LogP contribution in [0.15, 0.2) is 48.5 Å². The van der Waals surface area contributed by atoms with Crippen LogP contribution in [0.5, 0.6) is 0 Å². The second-order valence-corrected chi connectivity index (χ2v) is 5.52. The van der Waals surface area contributed by atoms with Crippen molar-refractivity contribution in [1.29, 1.82) is 0 Å². The van der Waals surface area contributed by atoms with Gasteiger partial charge in [-0.15, -0.1) is 4.89 Å². The monoisotopic (exact) mass is 418 g/mol. The molecule has 0 radical (unpaired) electrons.